The van der Waals surface area contributed by atoms with Gasteiger partial charge in [-0.1, -0.05) is 138 Å². The lowest BCUT2D eigenvalue weighted by Gasteiger charge is -2.16. The average Bonchev–Trinajstić information content (AvgIpc) is 4.03. The maximum absolute atomic E-state index is 5.63. The fraction of sp³-hybridized carbons (Fsp3) is 0.160. The van der Waals surface area contributed by atoms with Crippen molar-refractivity contribution < 1.29 is 0 Å². The molecule has 390 valence electrons. The lowest BCUT2D eigenvalue weighted by atomic mass is 9.91. The van der Waals surface area contributed by atoms with Crippen molar-refractivity contribution in [3.8, 4) is 78.9 Å². The third-order valence-corrected chi connectivity index (χ3v) is 16.6. The number of benzene rings is 10. The Hall–Kier alpha value is -9.19. The predicted octanol–water partition coefficient (Wildman–Crippen LogP) is 19.8. The molecule has 0 aliphatic rings. The minimum absolute atomic E-state index is 0.554. The SMILES string of the molecule is Cc1cc(C)c(-c2ccc3c(c2)c2cc(-c4c(C)cc(C)cc4C)ccc2n3-c2nc(-c3ccccc3)nc(-c3ccccc3-n3c4ccc(-c5c(C)cc(C)cc5C)cc4c4cc(-c5c(C)cc(C)cc5C)ccc43)n2)c(C)c1. The van der Waals surface area contributed by atoms with E-state index in [2.05, 4.69) is 262 Å². The Bertz CT molecular complexity index is 4400. The van der Waals surface area contributed by atoms with Gasteiger partial charge < -0.3 is 4.57 Å². The Morgan fingerprint density at radius 2 is 0.575 bits per heavy atom. The molecule has 0 spiro atoms. The molecular weight excluding hydrogens is 971 g/mol. The zero-order valence-corrected chi connectivity index (χ0v) is 48.0. The first-order chi connectivity index (χ1) is 38.6. The van der Waals surface area contributed by atoms with E-state index in [1.54, 1.807) is 0 Å². The third kappa shape index (κ3) is 8.42. The van der Waals surface area contributed by atoms with Crippen molar-refractivity contribution in [2.45, 2.75) is 83.1 Å². The molecule has 0 unspecified atom stereocenters. The first-order valence-corrected chi connectivity index (χ1v) is 28.0. The van der Waals surface area contributed by atoms with Crippen LogP contribution in [0.4, 0.5) is 0 Å². The molecule has 0 radical (unpaired) electrons. The Kier molecular flexibility index (Phi) is 12.2. The molecule has 0 fully saturated rings. The average molecular weight is 1040 g/mol. The normalized spacial score (nSPS) is 11.8. The summed E-state index contributed by atoms with van der Waals surface area (Å²) in [6.45, 7) is 26.6. The van der Waals surface area contributed by atoms with Crippen LogP contribution in [-0.2, 0) is 0 Å². The standard InChI is InChI=1S/C75H65N5/c1-42-30-46(5)69(47(6)31-42)55-22-26-65-60(38-55)61-39-56(70-48(7)32-43(2)33-49(70)8)23-27-66(61)79(65)64-21-17-16-20-59(64)74-76-73(54-18-14-13-15-19-54)77-75(78-74)80-67-28-24-57(71-50(9)34-44(3)35-51(71)10)40-62(67)63-41-58(25-29-68(63)80)72-52(11)36-45(4)37-53(72)12/h13-41H,1-12H3. The van der Waals surface area contributed by atoms with Gasteiger partial charge in [0.2, 0.25) is 5.95 Å². The van der Waals surface area contributed by atoms with Gasteiger partial charge in [-0.25, -0.2) is 4.98 Å². The summed E-state index contributed by atoms with van der Waals surface area (Å²) < 4.78 is 4.69. The van der Waals surface area contributed by atoms with E-state index in [4.69, 9.17) is 15.0 Å². The van der Waals surface area contributed by atoms with E-state index in [9.17, 15) is 0 Å². The Labute approximate surface area is 469 Å². The van der Waals surface area contributed by atoms with Gasteiger partial charge in [0.15, 0.2) is 11.6 Å². The molecule has 13 rings (SSSR count). The lowest BCUT2D eigenvalue weighted by molar-refractivity contribution is 0.951. The van der Waals surface area contributed by atoms with Crippen LogP contribution in [-0.4, -0.2) is 24.1 Å². The highest BCUT2D eigenvalue weighted by Gasteiger charge is 2.24. The highest BCUT2D eigenvalue weighted by Crippen LogP contribution is 2.44. The Balaban J connectivity index is 1.07. The van der Waals surface area contributed by atoms with Crippen molar-refractivity contribution in [2.24, 2.45) is 0 Å². The van der Waals surface area contributed by atoms with Crippen LogP contribution in [0.25, 0.3) is 123 Å². The van der Waals surface area contributed by atoms with Gasteiger partial charge in [-0.05, 0) is 233 Å². The van der Waals surface area contributed by atoms with Crippen molar-refractivity contribution >= 4 is 43.6 Å². The van der Waals surface area contributed by atoms with Gasteiger partial charge >= 0.3 is 0 Å². The van der Waals surface area contributed by atoms with E-state index in [0.717, 1.165) is 49.7 Å². The van der Waals surface area contributed by atoms with Gasteiger partial charge in [0.05, 0.1) is 27.8 Å². The van der Waals surface area contributed by atoms with Crippen LogP contribution in [0, 0.1) is 83.1 Å². The minimum Gasteiger partial charge on any atom is -0.309 e. The summed E-state index contributed by atoms with van der Waals surface area (Å²) >= 11 is 0. The molecule has 3 heterocycles. The zero-order valence-electron chi connectivity index (χ0n) is 48.0. The van der Waals surface area contributed by atoms with Crippen molar-refractivity contribution in [1.29, 1.82) is 0 Å². The molecule has 80 heavy (non-hydrogen) atoms. The second kappa shape index (κ2) is 19.3. The summed E-state index contributed by atoms with van der Waals surface area (Å²) in [6.07, 6.45) is 0. The number of aryl methyl sites for hydroxylation is 12. The van der Waals surface area contributed by atoms with Crippen molar-refractivity contribution in [3.63, 3.8) is 0 Å². The molecule has 0 saturated heterocycles. The monoisotopic (exact) mass is 1040 g/mol. The molecule has 0 aliphatic carbocycles. The van der Waals surface area contributed by atoms with Crippen LogP contribution < -0.4 is 0 Å². The van der Waals surface area contributed by atoms with E-state index in [1.807, 2.05) is 6.07 Å². The molecule has 5 nitrogen and oxygen atoms in total. The van der Waals surface area contributed by atoms with Crippen molar-refractivity contribution in [2.75, 3.05) is 0 Å². The second-order valence-corrected chi connectivity index (χ2v) is 22.9. The third-order valence-electron chi connectivity index (χ3n) is 16.6. The summed E-state index contributed by atoms with van der Waals surface area (Å²) in [6, 6.07) is 65.2. The minimum atomic E-state index is 0.554. The summed E-state index contributed by atoms with van der Waals surface area (Å²) in [5, 5.41) is 4.66. The van der Waals surface area contributed by atoms with Crippen LogP contribution in [0.2, 0.25) is 0 Å². The molecular formula is C75H65N5. The van der Waals surface area contributed by atoms with Crippen molar-refractivity contribution in [1.82, 2.24) is 24.1 Å². The van der Waals surface area contributed by atoms with E-state index in [0.29, 0.717) is 17.6 Å². The highest BCUT2D eigenvalue weighted by atomic mass is 15.2. The Morgan fingerprint density at radius 3 is 0.938 bits per heavy atom. The first-order valence-electron chi connectivity index (χ1n) is 28.0. The first kappa shape index (κ1) is 50.3. The maximum atomic E-state index is 5.63. The number of aromatic nitrogens is 5. The summed E-state index contributed by atoms with van der Waals surface area (Å²) in [7, 11) is 0. The molecule has 0 amide bonds. The number of nitrogens with zero attached hydrogens (tertiary/aromatic N) is 5. The van der Waals surface area contributed by atoms with E-state index in [1.165, 1.54) is 122 Å². The fourth-order valence-electron chi connectivity index (χ4n) is 13.8. The van der Waals surface area contributed by atoms with Crippen LogP contribution >= 0.6 is 0 Å². The van der Waals surface area contributed by atoms with Gasteiger partial charge in [0.25, 0.3) is 0 Å². The molecule has 0 bridgehead atoms. The van der Waals surface area contributed by atoms with Crippen LogP contribution in [0.1, 0.15) is 66.8 Å². The zero-order chi connectivity index (χ0) is 55.4. The van der Waals surface area contributed by atoms with E-state index < -0.39 is 0 Å². The van der Waals surface area contributed by atoms with Crippen LogP contribution in [0.3, 0.4) is 0 Å². The number of hydrogen-bond acceptors (Lipinski definition) is 3. The highest BCUT2D eigenvalue weighted by molar-refractivity contribution is 6.13. The van der Waals surface area contributed by atoms with Gasteiger partial charge in [-0.3, -0.25) is 4.57 Å². The molecule has 0 atom stereocenters. The van der Waals surface area contributed by atoms with E-state index >= 15 is 0 Å². The molecule has 0 saturated carbocycles. The smallest absolute Gasteiger partial charge is 0.238 e. The fourth-order valence-corrected chi connectivity index (χ4v) is 13.8. The molecule has 5 heteroatoms. The summed E-state index contributed by atoms with van der Waals surface area (Å²) in [5.41, 5.74) is 32.2. The number of para-hydroxylation sites is 1. The maximum Gasteiger partial charge on any atom is 0.238 e. The predicted molar refractivity (Wildman–Crippen MR) is 338 cm³/mol. The largest absolute Gasteiger partial charge is 0.309 e. The number of fused-ring (bicyclic) bond motifs is 6. The lowest BCUT2D eigenvalue weighted by Crippen LogP contribution is -2.08. The Morgan fingerprint density at radius 1 is 0.263 bits per heavy atom. The quantitative estimate of drug-likeness (QED) is 0.152. The second-order valence-electron chi connectivity index (χ2n) is 22.9. The van der Waals surface area contributed by atoms with Gasteiger partial charge in [0.1, 0.15) is 0 Å². The number of hydrogen-bond donors (Lipinski definition) is 0. The molecule has 3 aromatic heterocycles. The van der Waals surface area contributed by atoms with Gasteiger partial charge in [-0.15, -0.1) is 0 Å². The topological polar surface area (TPSA) is 48.5 Å². The van der Waals surface area contributed by atoms with E-state index in [-0.39, 0.29) is 0 Å². The summed E-state index contributed by atoms with van der Waals surface area (Å²) in [4.78, 5) is 16.5. The number of rotatable bonds is 8. The molecule has 13 aromatic rings. The van der Waals surface area contributed by atoms with Crippen LogP contribution in [0.15, 0.2) is 176 Å². The van der Waals surface area contributed by atoms with Crippen molar-refractivity contribution in [3.05, 3.63) is 243 Å². The molecule has 0 N–H and O–H groups in total. The van der Waals surface area contributed by atoms with Gasteiger partial charge in [0, 0.05) is 32.7 Å². The van der Waals surface area contributed by atoms with Crippen LogP contribution in [0.5, 0.6) is 0 Å². The summed E-state index contributed by atoms with van der Waals surface area (Å²) in [5.74, 6) is 1.74. The molecule has 10 aromatic carbocycles. The molecule has 0 aliphatic heterocycles. The van der Waals surface area contributed by atoms with Gasteiger partial charge in [-0.2, -0.15) is 9.97 Å².